The predicted molar refractivity (Wildman–Crippen MR) is 192 cm³/mol. The molecular weight excluding hydrogens is 639 g/mol. The third-order valence-electron chi connectivity index (χ3n) is 11.2. The van der Waals surface area contributed by atoms with Crippen molar-refractivity contribution in [3.63, 3.8) is 0 Å². The minimum Gasteiger partial charge on any atom is -0.332 e. The molecule has 0 unspecified atom stereocenters. The van der Waals surface area contributed by atoms with Crippen molar-refractivity contribution in [1.29, 1.82) is 0 Å². The maximum atomic E-state index is 15.4. The molecular formula is C40H65NO7S. The molecule has 1 heterocycles. The first-order valence-corrected chi connectivity index (χ1v) is 18.7. The number of Topliss-reactive ketones (excluding diaryl/α,β-unsaturated/α-hetero) is 4. The standard InChI is InChI=1S/C40H65NO7S/c1-10-11-15-27(35(45)32(44)20-26-16-17-26)21-31(43)34-33-30(39(33,8)9)24-41(34)36(46)29(37(2,3)4)22-28(42)23-40(18-13-12-14-19-40)25-49(47,48)38(5,6)7/h26-27,29-30,33-34H,10-25H2,1-9H3/t27-,29-,30+,33+,34-/m1/s1/i2D3,3D3,4D3,5D3,6D3,7D3,10D2,15D2. The van der Waals surface area contributed by atoms with E-state index in [4.69, 9.17) is 30.2 Å². The fraction of sp³-hybridized carbons (Fsp3) is 0.875. The first kappa shape index (κ1) is 19.3. The van der Waals surface area contributed by atoms with E-state index >= 15 is 4.79 Å². The van der Waals surface area contributed by atoms with Crippen molar-refractivity contribution in [1.82, 2.24) is 4.90 Å². The first-order chi connectivity index (χ1) is 31.4. The van der Waals surface area contributed by atoms with Gasteiger partial charge in [0.2, 0.25) is 11.7 Å². The summed E-state index contributed by atoms with van der Waals surface area (Å²) >= 11 is 0. The van der Waals surface area contributed by atoms with Gasteiger partial charge in [0.1, 0.15) is 5.78 Å². The van der Waals surface area contributed by atoms with Crippen molar-refractivity contribution in [3.8, 4) is 0 Å². The van der Waals surface area contributed by atoms with Crippen LogP contribution >= 0.6 is 0 Å². The highest BCUT2D eigenvalue weighted by atomic mass is 32.2. The Morgan fingerprint density at radius 3 is 2.18 bits per heavy atom. The minimum atomic E-state index is -5.91. The Balaban J connectivity index is 1.91. The van der Waals surface area contributed by atoms with Gasteiger partial charge in [-0.05, 0) is 86.6 Å². The van der Waals surface area contributed by atoms with E-state index in [0.717, 1.165) is 6.92 Å². The van der Waals surface area contributed by atoms with Gasteiger partial charge in [-0.15, -0.1) is 0 Å². The van der Waals surface area contributed by atoms with Gasteiger partial charge in [-0.2, -0.15) is 0 Å². The number of fused-ring (bicyclic) bond motifs is 1. The molecule has 1 saturated heterocycles. The van der Waals surface area contributed by atoms with Crippen molar-refractivity contribution < 1.29 is 62.5 Å². The molecule has 0 N–H and O–H groups in total. The second-order valence-electron chi connectivity index (χ2n) is 15.6. The number of carbonyl (C=O) groups excluding carboxylic acids is 5. The van der Waals surface area contributed by atoms with Gasteiger partial charge in [-0.3, -0.25) is 24.0 Å². The Labute approximate surface area is 327 Å². The lowest BCUT2D eigenvalue weighted by atomic mass is 9.70. The molecule has 0 aromatic carbocycles. The Kier molecular flexibility index (Phi) is 5.74. The van der Waals surface area contributed by atoms with Crippen molar-refractivity contribution in [3.05, 3.63) is 0 Å². The number of hydrogen-bond acceptors (Lipinski definition) is 7. The molecule has 4 aliphatic rings. The van der Waals surface area contributed by atoms with Crippen molar-refractivity contribution in [2.45, 2.75) is 162 Å². The van der Waals surface area contributed by atoms with Crippen LogP contribution in [0.2, 0.25) is 0 Å². The van der Waals surface area contributed by atoms with Gasteiger partial charge in [-0.1, -0.05) is 73.4 Å². The van der Waals surface area contributed by atoms with Crippen LogP contribution < -0.4 is 0 Å². The molecule has 49 heavy (non-hydrogen) atoms. The largest absolute Gasteiger partial charge is 0.332 e. The third kappa shape index (κ3) is 9.13. The monoisotopic (exact) mass is 726 g/mol. The van der Waals surface area contributed by atoms with Crippen molar-refractivity contribution >= 4 is 38.9 Å². The zero-order chi connectivity index (χ0) is 55.3. The second-order valence-corrected chi connectivity index (χ2v) is 17.7. The number of likely N-dealkylation sites (tertiary alicyclic amines) is 1. The summed E-state index contributed by atoms with van der Waals surface area (Å²) < 4.78 is 207. The summed E-state index contributed by atoms with van der Waals surface area (Å²) in [6.45, 7) is -21.3. The predicted octanol–water partition coefficient (Wildman–Crippen LogP) is 7.35. The summed E-state index contributed by atoms with van der Waals surface area (Å²) in [5, 5.41) is 0. The average Bonchev–Trinajstić information content (AvgIpc) is 3.95. The minimum absolute atomic E-state index is 0.101. The highest BCUT2D eigenvalue weighted by Gasteiger charge is 2.69. The summed E-state index contributed by atoms with van der Waals surface area (Å²) in [6, 6.07) is -1.77. The molecule has 3 aliphatic carbocycles. The number of amides is 1. The number of carbonyl (C=O) groups is 5. The van der Waals surface area contributed by atoms with E-state index in [0.29, 0.717) is 24.2 Å². The molecule has 1 amide bonds. The lowest BCUT2D eigenvalue weighted by Gasteiger charge is -2.40. The maximum absolute atomic E-state index is 15.4. The first-order valence-electron chi connectivity index (χ1n) is 28.1. The van der Waals surface area contributed by atoms with Crippen LogP contribution in [0.3, 0.4) is 0 Å². The van der Waals surface area contributed by atoms with Crippen LogP contribution in [0.25, 0.3) is 0 Å². The van der Waals surface area contributed by atoms with Crippen molar-refractivity contribution in [2.75, 3.05) is 12.3 Å². The maximum Gasteiger partial charge on any atom is 0.227 e. The molecule has 3 saturated carbocycles. The normalized spacial score (nSPS) is 34.8. The Morgan fingerprint density at radius 1 is 0.959 bits per heavy atom. The summed E-state index contributed by atoms with van der Waals surface area (Å²) in [4.78, 5) is 72.6. The van der Waals surface area contributed by atoms with Gasteiger partial charge >= 0.3 is 0 Å². The van der Waals surface area contributed by atoms with Crippen LogP contribution in [-0.2, 0) is 33.8 Å². The molecule has 0 spiro atoms. The van der Waals surface area contributed by atoms with Crippen LogP contribution in [-0.4, -0.2) is 65.4 Å². The molecule has 4 fully saturated rings. The van der Waals surface area contributed by atoms with Crippen LogP contribution in [0.4, 0.5) is 0 Å². The van der Waals surface area contributed by atoms with Crippen LogP contribution in [0, 0.1) is 45.8 Å². The van der Waals surface area contributed by atoms with Gasteiger partial charge in [0.25, 0.3) is 0 Å². The summed E-state index contributed by atoms with van der Waals surface area (Å²) in [5.41, 5.74) is -6.98. The third-order valence-corrected chi connectivity index (χ3v) is 13.1. The fourth-order valence-corrected chi connectivity index (χ4v) is 9.51. The van der Waals surface area contributed by atoms with Crippen molar-refractivity contribution in [2.24, 2.45) is 45.8 Å². The number of hydrogen-bond donors (Lipinski definition) is 0. The number of rotatable bonds is 17. The SMILES string of the molecule is [2H]C([2H])(C)CC([2H])([2H])[C@H](CC(=O)[C@@H]1[C@@H]2[C@H](CN1C(=O)[C@@H](CC(=O)CC1(CS(=O)(=O)C(C([2H])([2H])[2H])(C([2H])([2H])[2H])C([2H])([2H])[2H])CCCCC1)C(C([2H])([2H])[2H])(C([2H])([2H])[2H])C([2H])([2H])[2H])C2(C)C)C(=O)C(=O)CC1CC1. The van der Waals surface area contributed by atoms with Gasteiger partial charge in [0, 0.05) is 74.2 Å². The van der Waals surface area contributed by atoms with Crippen LogP contribution in [0.15, 0.2) is 0 Å². The van der Waals surface area contributed by atoms with E-state index in [1.54, 1.807) is 13.8 Å². The molecule has 9 heteroatoms. The Bertz CT molecular complexity index is 2100. The van der Waals surface area contributed by atoms with E-state index in [9.17, 15) is 27.6 Å². The quantitative estimate of drug-likeness (QED) is 0.144. The summed E-state index contributed by atoms with van der Waals surface area (Å²) in [5.74, 6) is -14.7. The summed E-state index contributed by atoms with van der Waals surface area (Å²) in [7, 11) is -5.91. The number of ketones is 4. The van der Waals surface area contributed by atoms with Gasteiger partial charge < -0.3 is 4.90 Å². The number of nitrogens with zero attached hydrogens (tertiary/aromatic N) is 1. The van der Waals surface area contributed by atoms with Gasteiger partial charge in [0.15, 0.2) is 21.4 Å². The van der Waals surface area contributed by atoms with E-state index in [1.165, 1.54) is 0 Å². The zero-order valence-electron chi connectivity index (χ0n) is 50.6. The lowest BCUT2D eigenvalue weighted by molar-refractivity contribution is -0.148. The average molecular weight is 726 g/mol. The zero-order valence-corrected chi connectivity index (χ0v) is 29.4. The van der Waals surface area contributed by atoms with Crippen LogP contribution in [0.5, 0.6) is 0 Å². The second kappa shape index (κ2) is 14.6. The fourth-order valence-electron chi connectivity index (χ4n) is 8.10. The number of sulfone groups is 1. The van der Waals surface area contributed by atoms with E-state index < -0.39 is 181 Å². The molecule has 5 atom stereocenters. The van der Waals surface area contributed by atoms with E-state index in [1.807, 2.05) is 0 Å². The Hall–Kier alpha value is -1.90. The summed E-state index contributed by atoms with van der Waals surface area (Å²) in [6.07, 6.45) is -8.99. The highest BCUT2D eigenvalue weighted by Crippen LogP contribution is 2.65. The lowest BCUT2D eigenvalue weighted by Crippen LogP contribution is -2.51. The smallest absolute Gasteiger partial charge is 0.227 e. The molecule has 278 valence electrons. The van der Waals surface area contributed by atoms with Gasteiger partial charge in [0.05, 0.1) is 16.5 Å². The van der Waals surface area contributed by atoms with E-state index in [-0.39, 0.29) is 38.0 Å². The molecule has 0 radical (unpaired) electrons. The molecule has 8 nitrogen and oxygen atoms in total. The van der Waals surface area contributed by atoms with E-state index in [2.05, 4.69) is 0 Å². The molecule has 4 rings (SSSR count). The van der Waals surface area contributed by atoms with Crippen LogP contribution in [0.1, 0.15) is 182 Å². The Morgan fingerprint density at radius 2 is 1.61 bits per heavy atom. The highest BCUT2D eigenvalue weighted by molar-refractivity contribution is 7.92. The molecule has 1 aliphatic heterocycles. The topological polar surface area (TPSA) is 123 Å². The molecule has 0 aromatic heterocycles. The van der Waals surface area contributed by atoms with Gasteiger partial charge in [-0.25, -0.2) is 8.42 Å². The number of piperidine rings is 1. The molecule has 0 bridgehead atoms. The molecule has 0 aromatic rings.